The maximum Gasteiger partial charge on any atom is 0.247 e. The largest absolute Gasteiger partial charge is 0.342 e. The summed E-state index contributed by atoms with van der Waals surface area (Å²) in [6.45, 7) is 11.4. The van der Waals surface area contributed by atoms with Gasteiger partial charge in [0, 0.05) is 0 Å². The average Bonchev–Trinajstić information content (AvgIpc) is 3.07. The van der Waals surface area contributed by atoms with Crippen molar-refractivity contribution in [1.29, 1.82) is 0 Å². The van der Waals surface area contributed by atoms with Crippen molar-refractivity contribution in [1.82, 2.24) is 4.57 Å². The van der Waals surface area contributed by atoms with Gasteiger partial charge in [0.2, 0.25) is 6.33 Å². The monoisotopic (exact) mass is 365 g/mol. The highest BCUT2D eigenvalue weighted by atomic mass is 16.5. The van der Waals surface area contributed by atoms with Gasteiger partial charge < -0.3 is 9.47 Å². The van der Waals surface area contributed by atoms with E-state index in [0.717, 1.165) is 12.5 Å². The van der Waals surface area contributed by atoms with Crippen molar-refractivity contribution in [2.45, 2.75) is 98.6 Å². The van der Waals surface area contributed by atoms with E-state index in [-0.39, 0.29) is 0 Å². The van der Waals surface area contributed by atoms with Crippen LogP contribution in [-0.2, 0) is 22.9 Å². The standard InChI is InChI=1S/C22H41N2O2/c1-5-6-7-8-9-14-25-17-23-12-13-24(16-23)18-26-22-15-20(4)10-11-21(22)19(2)3/h12-13,16,19-22H,5-11,14-15,17-18H2,1-4H3/q+1/t20-,21+,22-/m1/s1. The van der Waals surface area contributed by atoms with Crippen LogP contribution in [-0.4, -0.2) is 17.3 Å². The lowest BCUT2D eigenvalue weighted by Gasteiger charge is -2.36. The van der Waals surface area contributed by atoms with E-state index in [9.17, 15) is 0 Å². The fraction of sp³-hybridized carbons (Fsp3) is 0.864. The summed E-state index contributed by atoms with van der Waals surface area (Å²) in [5.41, 5.74) is 0. The van der Waals surface area contributed by atoms with Gasteiger partial charge >= 0.3 is 0 Å². The maximum absolute atomic E-state index is 6.32. The van der Waals surface area contributed by atoms with Crippen LogP contribution in [0.2, 0.25) is 0 Å². The van der Waals surface area contributed by atoms with Crippen LogP contribution in [0.1, 0.15) is 79.1 Å². The quantitative estimate of drug-likeness (QED) is 0.378. The number of rotatable bonds is 12. The molecule has 0 bridgehead atoms. The summed E-state index contributed by atoms with van der Waals surface area (Å²) in [5, 5.41) is 0. The van der Waals surface area contributed by atoms with Crippen molar-refractivity contribution in [2.75, 3.05) is 6.61 Å². The van der Waals surface area contributed by atoms with Crippen LogP contribution < -0.4 is 4.57 Å². The molecule has 0 unspecified atom stereocenters. The van der Waals surface area contributed by atoms with Crippen LogP contribution in [0.25, 0.3) is 0 Å². The molecule has 0 radical (unpaired) electrons. The van der Waals surface area contributed by atoms with Crippen LogP contribution in [0, 0.1) is 17.8 Å². The summed E-state index contributed by atoms with van der Waals surface area (Å²) in [6.07, 6.45) is 16.9. The molecule has 150 valence electrons. The Labute approximate surface area is 160 Å². The van der Waals surface area contributed by atoms with Gasteiger partial charge in [0.1, 0.15) is 12.4 Å². The van der Waals surface area contributed by atoms with E-state index >= 15 is 0 Å². The predicted octanol–water partition coefficient (Wildman–Crippen LogP) is 5.16. The highest BCUT2D eigenvalue weighted by molar-refractivity contribution is 4.81. The zero-order valence-corrected chi connectivity index (χ0v) is 17.5. The summed E-state index contributed by atoms with van der Waals surface area (Å²) in [7, 11) is 0. The molecule has 1 heterocycles. The molecule has 0 aliphatic heterocycles. The number of aromatic nitrogens is 2. The van der Waals surface area contributed by atoms with Gasteiger partial charge in [0.25, 0.3) is 0 Å². The van der Waals surface area contributed by atoms with Gasteiger partial charge in [-0.05, 0) is 37.0 Å². The Kier molecular flexibility index (Phi) is 9.69. The number of ether oxygens (including phenoxy) is 2. The van der Waals surface area contributed by atoms with Gasteiger partial charge in [0.15, 0.2) is 13.5 Å². The zero-order chi connectivity index (χ0) is 18.8. The molecule has 1 aliphatic carbocycles. The molecule has 0 saturated heterocycles. The van der Waals surface area contributed by atoms with Crippen molar-refractivity contribution in [3.8, 4) is 0 Å². The van der Waals surface area contributed by atoms with E-state index in [0.29, 0.717) is 31.4 Å². The fourth-order valence-electron chi connectivity index (χ4n) is 4.06. The summed E-state index contributed by atoms with van der Waals surface area (Å²) in [5.74, 6) is 2.19. The average molecular weight is 366 g/mol. The molecule has 1 fully saturated rings. The molecular weight excluding hydrogens is 324 g/mol. The first-order valence-electron chi connectivity index (χ1n) is 10.8. The molecule has 3 atom stereocenters. The first-order valence-corrected chi connectivity index (χ1v) is 10.8. The molecule has 0 amide bonds. The Morgan fingerprint density at radius 1 is 1.15 bits per heavy atom. The van der Waals surface area contributed by atoms with Crippen LogP contribution in [0.4, 0.5) is 0 Å². The van der Waals surface area contributed by atoms with Gasteiger partial charge in [-0.3, -0.25) is 0 Å². The minimum Gasteiger partial charge on any atom is -0.342 e. The predicted molar refractivity (Wildman–Crippen MR) is 106 cm³/mol. The van der Waals surface area contributed by atoms with Gasteiger partial charge in [-0.25, -0.2) is 9.13 Å². The molecule has 2 rings (SSSR count). The van der Waals surface area contributed by atoms with Crippen molar-refractivity contribution in [3.63, 3.8) is 0 Å². The second-order valence-electron chi connectivity index (χ2n) is 8.55. The minimum absolute atomic E-state index is 0.397. The third-order valence-electron chi connectivity index (χ3n) is 5.78. The van der Waals surface area contributed by atoms with Crippen molar-refractivity contribution in [3.05, 3.63) is 18.7 Å². The highest BCUT2D eigenvalue weighted by Crippen LogP contribution is 2.35. The molecule has 4 heteroatoms. The molecule has 4 nitrogen and oxygen atoms in total. The van der Waals surface area contributed by atoms with E-state index in [1.165, 1.54) is 51.4 Å². The number of hydrogen-bond acceptors (Lipinski definition) is 2. The van der Waals surface area contributed by atoms with E-state index in [4.69, 9.17) is 9.47 Å². The van der Waals surface area contributed by atoms with Gasteiger partial charge in [-0.15, -0.1) is 0 Å². The van der Waals surface area contributed by atoms with E-state index < -0.39 is 0 Å². The molecular formula is C22H41N2O2+. The Bertz CT molecular complexity index is 486. The molecule has 0 N–H and O–H groups in total. The highest BCUT2D eigenvalue weighted by Gasteiger charge is 2.31. The van der Waals surface area contributed by atoms with Crippen molar-refractivity contribution < 1.29 is 14.0 Å². The Morgan fingerprint density at radius 3 is 2.73 bits per heavy atom. The van der Waals surface area contributed by atoms with Crippen LogP contribution in [0.5, 0.6) is 0 Å². The van der Waals surface area contributed by atoms with E-state index in [2.05, 4.69) is 55.6 Å². The molecule has 1 aromatic heterocycles. The Morgan fingerprint density at radius 2 is 1.96 bits per heavy atom. The van der Waals surface area contributed by atoms with Gasteiger partial charge in [0.05, 0.1) is 12.7 Å². The van der Waals surface area contributed by atoms with Crippen molar-refractivity contribution in [2.24, 2.45) is 17.8 Å². The summed E-state index contributed by atoms with van der Waals surface area (Å²) < 4.78 is 16.3. The lowest BCUT2D eigenvalue weighted by molar-refractivity contribution is -0.732. The minimum atomic E-state index is 0.397. The summed E-state index contributed by atoms with van der Waals surface area (Å²) in [4.78, 5) is 0. The maximum atomic E-state index is 6.32. The smallest absolute Gasteiger partial charge is 0.247 e. The molecule has 1 saturated carbocycles. The summed E-state index contributed by atoms with van der Waals surface area (Å²) >= 11 is 0. The molecule has 1 aliphatic rings. The van der Waals surface area contributed by atoms with Gasteiger partial charge in [-0.1, -0.05) is 59.8 Å². The number of hydrogen-bond donors (Lipinski definition) is 0. The zero-order valence-electron chi connectivity index (χ0n) is 17.5. The van der Waals surface area contributed by atoms with Crippen molar-refractivity contribution >= 4 is 0 Å². The van der Waals surface area contributed by atoms with E-state index in [1.54, 1.807) is 0 Å². The van der Waals surface area contributed by atoms with Gasteiger partial charge in [-0.2, -0.15) is 0 Å². The van der Waals surface area contributed by atoms with Crippen LogP contribution >= 0.6 is 0 Å². The second kappa shape index (κ2) is 11.8. The normalized spacial score (nSPS) is 23.7. The molecule has 1 aromatic rings. The number of imidazole rings is 1. The lowest BCUT2D eigenvalue weighted by Crippen LogP contribution is -2.35. The Hall–Kier alpha value is -0.870. The number of unbranched alkanes of at least 4 members (excludes halogenated alkanes) is 4. The SMILES string of the molecule is CCCCCCCOC[n+]1ccn(CO[C@@H]2C[C@H](C)CC[C@H]2C(C)C)c1. The summed E-state index contributed by atoms with van der Waals surface area (Å²) in [6, 6.07) is 0. The first-order chi connectivity index (χ1) is 12.6. The van der Waals surface area contributed by atoms with Crippen LogP contribution in [0.15, 0.2) is 18.7 Å². The second-order valence-corrected chi connectivity index (χ2v) is 8.55. The van der Waals surface area contributed by atoms with E-state index in [1.807, 2.05) is 0 Å². The molecule has 0 aromatic carbocycles. The molecule has 26 heavy (non-hydrogen) atoms. The third-order valence-corrected chi connectivity index (χ3v) is 5.78. The Balaban J connectivity index is 1.67. The fourth-order valence-corrected chi connectivity index (χ4v) is 4.06. The number of nitrogens with zero attached hydrogens (tertiary/aromatic N) is 2. The first kappa shape index (κ1) is 21.4. The topological polar surface area (TPSA) is 27.3 Å². The molecule has 0 spiro atoms. The van der Waals surface area contributed by atoms with Crippen LogP contribution in [0.3, 0.4) is 0 Å². The lowest BCUT2D eigenvalue weighted by atomic mass is 9.75. The third kappa shape index (κ3) is 7.40.